The van der Waals surface area contributed by atoms with Gasteiger partial charge in [-0.1, -0.05) is 48.0 Å². The molecule has 1 N–H and O–H groups in total. The lowest BCUT2D eigenvalue weighted by Crippen LogP contribution is -2.18. The van der Waals surface area contributed by atoms with Gasteiger partial charge >= 0.3 is 5.97 Å². The van der Waals surface area contributed by atoms with Crippen molar-refractivity contribution in [3.8, 4) is 11.1 Å². The molecule has 0 bridgehead atoms. The summed E-state index contributed by atoms with van der Waals surface area (Å²) in [6.45, 7) is 0. The molecule has 1 aromatic heterocycles. The minimum absolute atomic E-state index is 0.0896. The van der Waals surface area contributed by atoms with Crippen molar-refractivity contribution in [3.63, 3.8) is 0 Å². The number of hydrogen-bond donors (Lipinski definition) is 1. The molecule has 0 aliphatic carbocycles. The monoisotopic (exact) mass is 393 g/mol. The van der Waals surface area contributed by atoms with Crippen molar-refractivity contribution in [1.29, 1.82) is 0 Å². The number of carbonyl (C=O) groups excluding carboxylic acids is 1. The lowest BCUT2D eigenvalue weighted by atomic mass is 10.0. The van der Waals surface area contributed by atoms with Crippen LogP contribution in [0.25, 0.3) is 22.0 Å². The summed E-state index contributed by atoms with van der Waals surface area (Å²) in [4.78, 5) is 25.4. The molecular formula is C22H13ClFNO3. The normalized spacial score (nSPS) is 10.9. The molecule has 6 heteroatoms. The number of carboxylic acids is 1. The SMILES string of the molecule is O=C(O)c1c(-c2ccccc2F)c2cc(Cl)ccc2n1C(=O)c1ccccc1. The summed E-state index contributed by atoms with van der Waals surface area (Å²) in [6.07, 6.45) is 0. The third-order valence-electron chi connectivity index (χ3n) is 4.50. The zero-order valence-electron chi connectivity index (χ0n) is 14.4. The maximum Gasteiger partial charge on any atom is 0.353 e. The maximum absolute atomic E-state index is 14.6. The van der Waals surface area contributed by atoms with E-state index in [-0.39, 0.29) is 16.8 Å². The topological polar surface area (TPSA) is 59.3 Å². The highest BCUT2D eigenvalue weighted by atomic mass is 35.5. The fraction of sp³-hybridized carbons (Fsp3) is 0. The van der Waals surface area contributed by atoms with Crippen LogP contribution in [0.5, 0.6) is 0 Å². The molecule has 0 radical (unpaired) electrons. The number of hydrogen-bond acceptors (Lipinski definition) is 2. The Morgan fingerprint density at radius 3 is 2.29 bits per heavy atom. The Kier molecular flexibility index (Phi) is 4.45. The van der Waals surface area contributed by atoms with Gasteiger partial charge in [0.2, 0.25) is 0 Å². The molecule has 4 nitrogen and oxygen atoms in total. The van der Waals surface area contributed by atoms with Gasteiger partial charge in [-0.15, -0.1) is 0 Å². The van der Waals surface area contributed by atoms with Crippen LogP contribution in [0.4, 0.5) is 4.39 Å². The van der Waals surface area contributed by atoms with Gasteiger partial charge in [-0.05, 0) is 36.4 Å². The Balaban J connectivity index is 2.14. The fourth-order valence-electron chi connectivity index (χ4n) is 3.32. The molecule has 0 fully saturated rings. The average molecular weight is 394 g/mol. The summed E-state index contributed by atoms with van der Waals surface area (Å²) in [6, 6.07) is 18.8. The molecule has 0 unspecified atom stereocenters. The van der Waals surface area contributed by atoms with Gasteiger partial charge in [-0.25, -0.2) is 9.18 Å². The molecule has 0 atom stereocenters. The molecule has 3 aromatic carbocycles. The maximum atomic E-state index is 14.6. The van der Waals surface area contributed by atoms with E-state index >= 15 is 0 Å². The highest BCUT2D eigenvalue weighted by Crippen LogP contribution is 2.38. The first kappa shape index (κ1) is 17.9. The van der Waals surface area contributed by atoms with Crippen LogP contribution in [-0.4, -0.2) is 21.6 Å². The van der Waals surface area contributed by atoms with Crippen molar-refractivity contribution in [3.05, 3.63) is 94.9 Å². The highest BCUT2D eigenvalue weighted by Gasteiger charge is 2.28. The summed E-state index contributed by atoms with van der Waals surface area (Å²) >= 11 is 6.12. The van der Waals surface area contributed by atoms with Gasteiger partial charge in [0.05, 0.1) is 5.52 Å². The van der Waals surface area contributed by atoms with E-state index in [1.807, 2.05) is 0 Å². The molecule has 138 valence electrons. The first-order valence-corrected chi connectivity index (χ1v) is 8.78. The number of halogens is 2. The average Bonchev–Trinajstić information content (AvgIpc) is 3.03. The molecule has 0 saturated carbocycles. The summed E-state index contributed by atoms with van der Waals surface area (Å²) in [7, 11) is 0. The first-order valence-electron chi connectivity index (χ1n) is 8.41. The minimum atomic E-state index is -1.34. The van der Waals surface area contributed by atoms with Crippen molar-refractivity contribution < 1.29 is 19.1 Å². The number of carbonyl (C=O) groups is 2. The van der Waals surface area contributed by atoms with E-state index in [1.54, 1.807) is 54.6 Å². The Labute approximate surface area is 164 Å². The number of aromatic carboxylic acids is 1. The predicted molar refractivity (Wildman–Crippen MR) is 105 cm³/mol. The van der Waals surface area contributed by atoms with Gasteiger partial charge in [-0.2, -0.15) is 0 Å². The molecule has 4 aromatic rings. The first-order chi connectivity index (χ1) is 13.5. The number of nitrogens with zero attached hydrogens (tertiary/aromatic N) is 1. The van der Waals surface area contributed by atoms with Crippen molar-refractivity contribution in [2.24, 2.45) is 0 Å². The van der Waals surface area contributed by atoms with Crippen LogP contribution in [0.15, 0.2) is 72.8 Å². The van der Waals surface area contributed by atoms with E-state index in [4.69, 9.17) is 11.6 Å². The van der Waals surface area contributed by atoms with Crippen LogP contribution in [0, 0.1) is 5.82 Å². The Bertz CT molecular complexity index is 1230. The summed E-state index contributed by atoms with van der Waals surface area (Å²) in [5.74, 6) is -2.45. The third-order valence-corrected chi connectivity index (χ3v) is 4.73. The fourth-order valence-corrected chi connectivity index (χ4v) is 3.50. The molecular weight excluding hydrogens is 381 g/mol. The summed E-state index contributed by atoms with van der Waals surface area (Å²) in [5.41, 5.74) is 0.557. The largest absolute Gasteiger partial charge is 0.477 e. The molecule has 28 heavy (non-hydrogen) atoms. The van der Waals surface area contributed by atoms with E-state index in [1.165, 1.54) is 18.2 Å². The second kappa shape index (κ2) is 6.94. The minimum Gasteiger partial charge on any atom is -0.477 e. The van der Waals surface area contributed by atoms with Crippen LogP contribution < -0.4 is 0 Å². The number of carboxylic acid groups (broad SMARTS) is 1. The van der Waals surface area contributed by atoms with E-state index in [2.05, 4.69) is 0 Å². The zero-order valence-corrected chi connectivity index (χ0v) is 15.2. The van der Waals surface area contributed by atoms with Crippen molar-refractivity contribution in [2.45, 2.75) is 0 Å². The summed E-state index contributed by atoms with van der Waals surface area (Å²) < 4.78 is 15.7. The van der Waals surface area contributed by atoms with Gasteiger partial charge in [0.15, 0.2) is 0 Å². The number of benzene rings is 3. The molecule has 0 saturated heterocycles. The smallest absolute Gasteiger partial charge is 0.353 e. The van der Waals surface area contributed by atoms with E-state index < -0.39 is 17.7 Å². The lowest BCUT2D eigenvalue weighted by Gasteiger charge is -2.08. The highest BCUT2D eigenvalue weighted by molar-refractivity contribution is 6.32. The van der Waals surface area contributed by atoms with Crippen LogP contribution in [0.1, 0.15) is 20.8 Å². The number of fused-ring (bicyclic) bond motifs is 1. The van der Waals surface area contributed by atoms with E-state index in [0.717, 1.165) is 4.57 Å². The molecule has 0 spiro atoms. The van der Waals surface area contributed by atoms with Gasteiger partial charge in [0.1, 0.15) is 11.5 Å². The van der Waals surface area contributed by atoms with Crippen LogP contribution in [0.3, 0.4) is 0 Å². The number of rotatable bonds is 3. The summed E-state index contributed by atoms with van der Waals surface area (Å²) in [5, 5.41) is 10.7. The number of aromatic nitrogens is 1. The quantitative estimate of drug-likeness (QED) is 0.501. The predicted octanol–water partition coefficient (Wildman–Crippen LogP) is 5.49. The van der Waals surface area contributed by atoms with Gasteiger partial charge in [0.25, 0.3) is 5.91 Å². The van der Waals surface area contributed by atoms with Gasteiger partial charge in [-0.3, -0.25) is 9.36 Å². The van der Waals surface area contributed by atoms with Crippen molar-refractivity contribution >= 4 is 34.4 Å². The molecule has 0 amide bonds. The van der Waals surface area contributed by atoms with Crippen LogP contribution in [-0.2, 0) is 0 Å². The second-order valence-electron chi connectivity index (χ2n) is 6.18. The third kappa shape index (κ3) is 2.86. The van der Waals surface area contributed by atoms with Crippen molar-refractivity contribution in [2.75, 3.05) is 0 Å². The second-order valence-corrected chi connectivity index (χ2v) is 6.61. The van der Waals surface area contributed by atoms with Crippen LogP contribution in [0.2, 0.25) is 5.02 Å². The Morgan fingerprint density at radius 2 is 1.61 bits per heavy atom. The molecule has 4 rings (SSSR count). The zero-order chi connectivity index (χ0) is 19.8. The van der Waals surface area contributed by atoms with Crippen molar-refractivity contribution in [1.82, 2.24) is 4.57 Å². The van der Waals surface area contributed by atoms with Gasteiger partial charge < -0.3 is 5.11 Å². The molecule has 0 aliphatic heterocycles. The molecule has 1 heterocycles. The van der Waals surface area contributed by atoms with E-state index in [0.29, 0.717) is 21.5 Å². The standard InChI is InChI=1S/C22H13ClFNO3/c23-14-10-11-18-16(12-14)19(15-8-4-5-9-17(15)24)20(22(27)28)25(18)21(26)13-6-2-1-3-7-13/h1-12H,(H,27,28). The lowest BCUT2D eigenvalue weighted by molar-refractivity contribution is 0.0678. The molecule has 0 aliphatic rings. The Morgan fingerprint density at radius 1 is 0.929 bits per heavy atom. The Hall–Kier alpha value is -3.44. The van der Waals surface area contributed by atoms with Crippen LogP contribution >= 0.6 is 11.6 Å². The van der Waals surface area contributed by atoms with E-state index in [9.17, 15) is 19.1 Å². The van der Waals surface area contributed by atoms with Gasteiger partial charge in [0, 0.05) is 27.1 Å².